The molecule has 3 heteroatoms. The van der Waals surface area contributed by atoms with Crippen molar-refractivity contribution >= 4 is 5.69 Å². The summed E-state index contributed by atoms with van der Waals surface area (Å²) in [6.07, 6.45) is 0. The molecule has 0 heterocycles. The second-order valence-electron chi connectivity index (χ2n) is 3.91. The summed E-state index contributed by atoms with van der Waals surface area (Å²) in [5.41, 5.74) is 8.85. The minimum atomic E-state index is -0.306. The summed E-state index contributed by atoms with van der Waals surface area (Å²) >= 11 is 0. The largest absolute Gasteiger partial charge is 0.388 e. The normalized spacial score (nSPS) is 12.2. The summed E-state index contributed by atoms with van der Waals surface area (Å²) in [5.74, 6) is -0.261. The Balaban J connectivity index is 2.33. The van der Waals surface area contributed by atoms with E-state index >= 15 is 0 Å². The molecule has 0 aromatic heterocycles. The van der Waals surface area contributed by atoms with Gasteiger partial charge in [0.25, 0.3) is 0 Å². The highest BCUT2D eigenvalue weighted by Crippen LogP contribution is 2.22. The number of nitrogens with two attached hydrogens (primary N) is 1. The van der Waals surface area contributed by atoms with Crippen molar-refractivity contribution in [2.45, 2.75) is 6.04 Å². The van der Waals surface area contributed by atoms with E-state index in [1.807, 2.05) is 37.4 Å². The number of halogens is 1. The van der Waals surface area contributed by atoms with E-state index in [1.54, 1.807) is 6.07 Å². The molecule has 0 amide bonds. The first-order chi connectivity index (χ1) is 8.20. The van der Waals surface area contributed by atoms with Gasteiger partial charge in [-0.3, -0.25) is 0 Å². The van der Waals surface area contributed by atoms with Crippen LogP contribution in [0.1, 0.15) is 17.2 Å². The second kappa shape index (κ2) is 4.97. The Morgan fingerprint density at radius 1 is 1.06 bits per heavy atom. The molecule has 0 aliphatic carbocycles. The fraction of sp³-hybridized carbons (Fsp3) is 0.143. The highest BCUT2D eigenvalue weighted by atomic mass is 19.1. The molecular formula is C14H15FN2. The average molecular weight is 230 g/mol. The van der Waals surface area contributed by atoms with Crippen molar-refractivity contribution in [2.24, 2.45) is 5.73 Å². The van der Waals surface area contributed by atoms with Crippen molar-refractivity contribution in [1.29, 1.82) is 0 Å². The van der Waals surface area contributed by atoms with Crippen molar-refractivity contribution in [3.05, 3.63) is 65.5 Å². The average Bonchev–Trinajstić information content (AvgIpc) is 2.38. The molecule has 0 aliphatic heterocycles. The Bertz CT molecular complexity index is 511. The lowest BCUT2D eigenvalue weighted by molar-refractivity contribution is 0.623. The molecule has 1 atom stereocenters. The summed E-state index contributed by atoms with van der Waals surface area (Å²) in [6, 6.07) is 13.9. The van der Waals surface area contributed by atoms with Gasteiger partial charge in [-0.25, -0.2) is 4.39 Å². The van der Waals surface area contributed by atoms with Crippen molar-refractivity contribution < 1.29 is 4.39 Å². The maximum Gasteiger partial charge on any atom is 0.123 e. The number of nitrogens with one attached hydrogen (secondary N) is 1. The minimum Gasteiger partial charge on any atom is -0.388 e. The van der Waals surface area contributed by atoms with Gasteiger partial charge in [-0.15, -0.1) is 0 Å². The van der Waals surface area contributed by atoms with Crippen LogP contribution in [0.2, 0.25) is 0 Å². The van der Waals surface area contributed by atoms with E-state index in [0.717, 1.165) is 16.8 Å². The first-order valence-electron chi connectivity index (χ1n) is 5.49. The van der Waals surface area contributed by atoms with Crippen molar-refractivity contribution in [3.8, 4) is 0 Å². The predicted octanol–water partition coefficient (Wildman–Crippen LogP) is 2.92. The lowest BCUT2D eigenvalue weighted by Gasteiger charge is -2.13. The van der Waals surface area contributed by atoms with E-state index in [1.165, 1.54) is 12.1 Å². The summed E-state index contributed by atoms with van der Waals surface area (Å²) < 4.78 is 13.1. The third-order valence-electron chi connectivity index (χ3n) is 2.74. The summed E-state index contributed by atoms with van der Waals surface area (Å²) in [6.45, 7) is 0. The van der Waals surface area contributed by atoms with Crippen LogP contribution in [0.25, 0.3) is 0 Å². The lowest BCUT2D eigenvalue weighted by atomic mass is 9.99. The molecule has 2 rings (SSSR count). The SMILES string of the molecule is CNc1cccc(C(N)c2cccc(F)c2)c1. The molecule has 2 aromatic rings. The van der Waals surface area contributed by atoms with Gasteiger partial charge in [-0.1, -0.05) is 24.3 Å². The molecule has 0 aliphatic rings. The Morgan fingerprint density at radius 2 is 1.71 bits per heavy atom. The zero-order chi connectivity index (χ0) is 12.3. The van der Waals surface area contributed by atoms with Crippen molar-refractivity contribution in [1.82, 2.24) is 0 Å². The summed E-state index contributed by atoms with van der Waals surface area (Å²) in [7, 11) is 1.85. The van der Waals surface area contributed by atoms with Gasteiger partial charge in [0.2, 0.25) is 0 Å². The maximum atomic E-state index is 13.1. The van der Waals surface area contributed by atoms with Gasteiger partial charge >= 0.3 is 0 Å². The van der Waals surface area contributed by atoms with Crippen LogP contribution in [0.5, 0.6) is 0 Å². The van der Waals surface area contributed by atoms with Crippen LogP contribution in [-0.4, -0.2) is 7.05 Å². The first kappa shape index (κ1) is 11.6. The quantitative estimate of drug-likeness (QED) is 0.850. The molecule has 2 aromatic carbocycles. The van der Waals surface area contributed by atoms with Gasteiger partial charge in [0.1, 0.15) is 5.82 Å². The molecule has 0 spiro atoms. The highest BCUT2D eigenvalue weighted by Gasteiger charge is 2.09. The highest BCUT2D eigenvalue weighted by molar-refractivity contribution is 5.47. The predicted molar refractivity (Wildman–Crippen MR) is 68.4 cm³/mol. The number of hydrogen-bond acceptors (Lipinski definition) is 2. The first-order valence-corrected chi connectivity index (χ1v) is 5.49. The lowest BCUT2D eigenvalue weighted by Crippen LogP contribution is -2.12. The van der Waals surface area contributed by atoms with Crippen LogP contribution in [0.4, 0.5) is 10.1 Å². The van der Waals surface area contributed by atoms with Gasteiger partial charge < -0.3 is 11.1 Å². The summed E-state index contributed by atoms with van der Waals surface area (Å²) in [5, 5.41) is 3.06. The topological polar surface area (TPSA) is 38.0 Å². The van der Waals surface area contributed by atoms with E-state index in [2.05, 4.69) is 5.32 Å². The van der Waals surface area contributed by atoms with Gasteiger partial charge in [0.15, 0.2) is 0 Å². The molecule has 2 nitrogen and oxygen atoms in total. The van der Waals surface area contributed by atoms with Crippen LogP contribution < -0.4 is 11.1 Å². The van der Waals surface area contributed by atoms with E-state index in [0.29, 0.717) is 0 Å². The number of rotatable bonds is 3. The standard InChI is InChI=1S/C14H15FN2/c1-17-13-7-3-5-11(9-13)14(16)10-4-2-6-12(15)8-10/h2-9,14,17H,16H2,1H3. The van der Waals surface area contributed by atoms with Gasteiger partial charge in [-0.05, 0) is 35.4 Å². The van der Waals surface area contributed by atoms with Crippen LogP contribution in [0.3, 0.4) is 0 Å². The molecule has 0 bridgehead atoms. The third kappa shape index (κ3) is 2.63. The van der Waals surface area contributed by atoms with E-state index < -0.39 is 0 Å². The van der Waals surface area contributed by atoms with Crippen LogP contribution in [0, 0.1) is 5.82 Å². The summed E-state index contributed by atoms with van der Waals surface area (Å²) in [4.78, 5) is 0. The number of hydrogen-bond donors (Lipinski definition) is 2. The Kier molecular flexibility index (Phi) is 3.40. The number of anilines is 1. The Labute approximate surface area is 100 Å². The molecule has 1 unspecified atom stereocenters. The van der Waals surface area contributed by atoms with E-state index in [-0.39, 0.29) is 11.9 Å². The fourth-order valence-electron chi connectivity index (χ4n) is 1.78. The smallest absolute Gasteiger partial charge is 0.123 e. The molecule has 17 heavy (non-hydrogen) atoms. The second-order valence-corrected chi connectivity index (χ2v) is 3.91. The monoisotopic (exact) mass is 230 g/mol. The van der Waals surface area contributed by atoms with Gasteiger partial charge in [0.05, 0.1) is 6.04 Å². The van der Waals surface area contributed by atoms with Crippen LogP contribution in [-0.2, 0) is 0 Å². The van der Waals surface area contributed by atoms with E-state index in [9.17, 15) is 4.39 Å². The molecule has 0 fully saturated rings. The Hall–Kier alpha value is -1.87. The molecule has 88 valence electrons. The van der Waals surface area contributed by atoms with E-state index in [4.69, 9.17) is 5.73 Å². The third-order valence-corrected chi connectivity index (χ3v) is 2.74. The van der Waals surface area contributed by atoms with Gasteiger partial charge in [0, 0.05) is 12.7 Å². The molecule has 3 N–H and O–H groups in total. The zero-order valence-corrected chi connectivity index (χ0v) is 9.65. The molecule has 0 saturated heterocycles. The molecular weight excluding hydrogens is 215 g/mol. The van der Waals surface area contributed by atoms with Crippen molar-refractivity contribution in [3.63, 3.8) is 0 Å². The molecule has 0 radical (unpaired) electrons. The Morgan fingerprint density at radius 3 is 2.35 bits per heavy atom. The van der Waals surface area contributed by atoms with Gasteiger partial charge in [-0.2, -0.15) is 0 Å². The van der Waals surface area contributed by atoms with Crippen LogP contribution in [0.15, 0.2) is 48.5 Å². The number of benzene rings is 2. The zero-order valence-electron chi connectivity index (χ0n) is 9.65. The van der Waals surface area contributed by atoms with Crippen molar-refractivity contribution in [2.75, 3.05) is 12.4 Å². The maximum absolute atomic E-state index is 13.1. The fourth-order valence-corrected chi connectivity index (χ4v) is 1.78. The minimum absolute atomic E-state index is 0.261. The van der Waals surface area contributed by atoms with Crippen LogP contribution >= 0.6 is 0 Å². The molecule has 0 saturated carbocycles.